The minimum atomic E-state index is -0.530. The third-order valence-corrected chi connectivity index (χ3v) is 5.67. The van der Waals surface area contributed by atoms with Crippen molar-refractivity contribution in [2.75, 3.05) is 19.6 Å². The summed E-state index contributed by atoms with van der Waals surface area (Å²) in [5.41, 5.74) is 0.780. The number of H-pyrrole nitrogens is 1. The monoisotopic (exact) mass is 431 g/mol. The number of non-ortho nitro benzene ring substituents is 1. The number of hydrogen-bond donors (Lipinski definition) is 2. The van der Waals surface area contributed by atoms with Crippen molar-refractivity contribution in [2.45, 2.75) is 18.9 Å². The van der Waals surface area contributed by atoms with Gasteiger partial charge in [-0.3, -0.25) is 24.9 Å². The van der Waals surface area contributed by atoms with Crippen LogP contribution >= 0.6 is 11.6 Å². The Morgan fingerprint density at radius 3 is 2.80 bits per heavy atom. The Kier molecular flexibility index (Phi) is 5.65. The number of halogens is 2. The quantitative estimate of drug-likeness (QED) is 0.456. The summed E-state index contributed by atoms with van der Waals surface area (Å²) in [6.07, 6.45) is 1.98. The average molecular weight is 432 g/mol. The Labute approximate surface area is 176 Å². The maximum absolute atomic E-state index is 14.6. The van der Waals surface area contributed by atoms with E-state index in [9.17, 15) is 19.3 Å². The van der Waals surface area contributed by atoms with Crippen LogP contribution in [-0.2, 0) is 0 Å². The first-order chi connectivity index (χ1) is 14.5. The number of benzene rings is 2. The van der Waals surface area contributed by atoms with Crippen LogP contribution in [0.5, 0.6) is 0 Å². The van der Waals surface area contributed by atoms with Gasteiger partial charge in [-0.2, -0.15) is 5.10 Å². The van der Waals surface area contributed by atoms with Gasteiger partial charge in [0.2, 0.25) is 0 Å². The number of aromatic amines is 1. The van der Waals surface area contributed by atoms with E-state index in [-0.39, 0.29) is 17.9 Å². The second-order valence-electron chi connectivity index (χ2n) is 7.16. The van der Waals surface area contributed by atoms with E-state index in [0.717, 1.165) is 25.9 Å². The van der Waals surface area contributed by atoms with Crippen molar-refractivity contribution in [1.29, 1.82) is 0 Å². The van der Waals surface area contributed by atoms with Crippen LogP contribution in [0.1, 0.15) is 34.9 Å². The lowest BCUT2D eigenvalue weighted by Crippen LogP contribution is -2.37. The molecule has 0 bridgehead atoms. The van der Waals surface area contributed by atoms with Gasteiger partial charge >= 0.3 is 0 Å². The summed E-state index contributed by atoms with van der Waals surface area (Å²) >= 11 is 6.28. The zero-order chi connectivity index (χ0) is 21.3. The van der Waals surface area contributed by atoms with E-state index in [0.29, 0.717) is 21.5 Å². The lowest BCUT2D eigenvalue weighted by molar-refractivity contribution is -0.384. The van der Waals surface area contributed by atoms with Crippen LogP contribution in [0.3, 0.4) is 0 Å². The highest BCUT2D eigenvalue weighted by atomic mass is 35.5. The van der Waals surface area contributed by atoms with Crippen molar-refractivity contribution in [3.63, 3.8) is 0 Å². The van der Waals surface area contributed by atoms with Crippen LogP contribution in [0, 0.1) is 15.9 Å². The second kappa shape index (κ2) is 8.37. The van der Waals surface area contributed by atoms with Gasteiger partial charge < -0.3 is 5.32 Å². The molecule has 2 aromatic carbocycles. The summed E-state index contributed by atoms with van der Waals surface area (Å²) < 4.78 is 14.6. The van der Waals surface area contributed by atoms with Gasteiger partial charge in [-0.15, -0.1) is 0 Å². The zero-order valence-electron chi connectivity index (χ0n) is 15.9. The van der Waals surface area contributed by atoms with Gasteiger partial charge in [0, 0.05) is 34.6 Å². The molecule has 30 heavy (non-hydrogen) atoms. The lowest BCUT2D eigenvalue weighted by Gasteiger charge is -2.29. The Morgan fingerprint density at radius 2 is 2.10 bits per heavy atom. The van der Waals surface area contributed by atoms with E-state index >= 15 is 0 Å². The van der Waals surface area contributed by atoms with E-state index in [2.05, 4.69) is 20.4 Å². The van der Waals surface area contributed by atoms with Crippen LogP contribution in [0.15, 0.2) is 36.4 Å². The Hall–Kier alpha value is -3.04. The van der Waals surface area contributed by atoms with Crippen LogP contribution in [0.25, 0.3) is 10.9 Å². The molecule has 1 aliphatic rings. The highest BCUT2D eigenvalue weighted by molar-refractivity contribution is 6.31. The summed E-state index contributed by atoms with van der Waals surface area (Å²) in [6.45, 7) is 1.69. The molecule has 1 amide bonds. The molecule has 0 saturated carbocycles. The number of rotatable bonds is 6. The van der Waals surface area contributed by atoms with Crippen molar-refractivity contribution >= 4 is 34.1 Å². The minimum Gasteiger partial charge on any atom is -0.349 e. The van der Waals surface area contributed by atoms with E-state index in [1.807, 2.05) is 0 Å². The standard InChI is InChI=1S/C20H19ClFN5O3/c21-14-4-3-5-15(22)18(14)17(26-8-1-2-9-26)11-23-20(28)19-13-10-12(27(29)30)6-7-16(13)24-25-19/h3-7,10,17H,1-2,8-9,11H2,(H,23,28)(H,24,25). The van der Waals surface area contributed by atoms with Gasteiger partial charge in [0.15, 0.2) is 5.69 Å². The van der Waals surface area contributed by atoms with Gasteiger partial charge in [0.25, 0.3) is 11.6 Å². The summed E-state index contributed by atoms with van der Waals surface area (Å²) in [7, 11) is 0. The van der Waals surface area contributed by atoms with Gasteiger partial charge in [0.05, 0.1) is 16.5 Å². The third kappa shape index (κ3) is 3.86. The number of amides is 1. The van der Waals surface area contributed by atoms with Crippen LogP contribution in [0.4, 0.5) is 10.1 Å². The molecule has 0 aliphatic carbocycles. The number of nitro groups is 1. The molecule has 0 radical (unpaired) electrons. The fourth-order valence-corrected chi connectivity index (χ4v) is 4.15. The van der Waals surface area contributed by atoms with Crippen molar-refractivity contribution in [3.8, 4) is 0 Å². The van der Waals surface area contributed by atoms with Crippen molar-refractivity contribution < 1.29 is 14.1 Å². The van der Waals surface area contributed by atoms with Crippen LogP contribution < -0.4 is 5.32 Å². The molecule has 1 saturated heterocycles. The normalized spacial score (nSPS) is 15.4. The second-order valence-corrected chi connectivity index (χ2v) is 7.57. The molecule has 3 aromatic rings. The Balaban J connectivity index is 1.59. The number of aromatic nitrogens is 2. The van der Waals surface area contributed by atoms with Crippen molar-refractivity contribution in [3.05, 3.63) is 68.6 Å². The van der Waals surface area contributed by atoms with Crippen LogP contribution in [-0.4, -0.2) is 45.6 Å². The fraction of sp³-hybridized carbons (Fsp3) is 0.300. The highest BCUT2D eigenvalue weighted by Crippen LogP contribution is 2.32. The molecule has 8 nitrogen and oxygen atoms in total. The van der Waals surface area contributed by atoms with E-state index in [1.165, 1.54) is 24.3 Å². The van der Waals surface area contributed by atoms with E-state index in [1.54, 1.807) is 12.1 Å². The van der Waals surface area contributed by atoms with Crippen LogP contribution in [0.2, 0.25) is 5.02 Å². The number of nitro benzene ring substituents is 1. The maximum atomic E-state index is 14.6. The Morgan fingerprint density at radius 1 is 1.33 bits per heavy atom. The molecule has 2 N–H and O–H groups in total. The molecule has 1 unspecified atom stereocenters. The van der Waals surface area contributed by atoms with Crippen molar-refractivity contribution in [2.24, 2.45) is 0 Å². The number of nitrogens with one attached hydrogen (secondary N) is 2. The molecule has 10 heteroatoms. The fourth-order valence-electron chi connectivity index (χ4n) is 3.86. The molecule has 156 valence electrons. The predicted octanol–water partition coefficient (Wildman–Crippen LogP) is 3.83. The van der Waals surface area contributed by atoms with Gasteiger partial charge in [-0.25, -0.2) is 4.39 Å². The number of fused-ring (bicyclic) bond motifs is 1. The highest BCUT2D eigenvalue weighted by Gasteiger charge is 2.28. The molecule has 1 fully saturated rings. The molecule has 1 aromatic heterocycles. The minimum absolute atomic E-state index is 0.0495. The summed E-state index contributed by atoms with van der Waals surface area (Å²) in [6, 6.07) is 8.25. The molecule has 4 rings (SSSR count). The third-order valence-electron chi connectivity index (χ3n) is 5.34. The van der Waals surface area contributed by atoms with E-state index in [4.69, 9.17) is 11.6 Å². The average Bonchev–Trinajstić information content (AvgIpc) is 3.39. The van der Waals surface area contributed by atoms with Gasteiger partial charge in [-0.05, 0) is 44.1 Å². The van der Waals surface area contributed by atoms with Gasteiger partial charge in [-0.1, -0.05) is 17.7 Å². The topological polar surface area (TPSA) is 104 Å². The number of carbonyl (C=O) groups is 1. The molecular weight excluding hydrogens is 413 g/mol. The first-order valence-corrected chi connectivity index (χ1v) is 9.92. The molecule has 2 heterocycles. The zero-order valence-corrected chi connectivity index (χ0v) is 16.7. The summed E-state index contributed by atoms with van der Waals surface area (Å²) in [5, 5.41) is 21.2. The number of carbonyl (C=O) groups excluding carboxylic acids is 1. The molecule has 1 atom stereocenters. The molecule has 0 spiro atoms. The predicted molar refractivity (Wildman–Crippen MR) is 110 cm³/mol. The van der Waals surface area contributed by atoms with E-state index < -0.39 is 22.7 Å². The summed E-state index contributed by atoms with van der Waals surface area (Å²) in [4.78, 5) is 25.4. The largest absolute Gasteiger partial charge is 0.349 e. The van der Waals surface area contributed by atoms with Gasteiger partial charge in [0.1, 0.15) is 5.82 Å². The number of likely N-dealkylation sites (tertiary alicyclic amines) is 1. The maximum Gasteiger partial charge on any atom is 0.272 e. The lowest BCUT2D eigenvalue weighted by atomic mass is 10.0. The number of nitrogens with zero attached hydrogens (tertiary/aromatic N) is 3. The smallest absolute Gasteiger partial charge is 0.272 e. The SMILES string of the molecule is O=C(NCC(c1c(F)cccc1Cl)N1CCCC1)c1n[nH]c2ccc([N+](=O)[O-])cc12. The first kappa shape index (κ1) is 20.2. The number of hydrogen-bond acceptors (Lipinski definition) is 5. The van der Waals surface area contributed by atoms with Crippen molar-refractivity contribution in [1.82, 2.24) is 20.4 Å². The molecule has 1 aliphatic heterocycles. The first-order valence-electron chi connectivity index (χ1n) is 9.54. The Bertz CT molecular complexity index is 1090. The summed E-state index contributed by atoms with van der Waals surface area (Å²) in [5.74, 6) is -0.923. The molecular formula is C20H19ClFN5O3.